The zero-order chi connectivity index (χ0) is 41.2. The maximum atomic E-state index is 6.42. The topological polar surface area (TPSA) is 23.0 Å². The molecule has 0 N–H and O–H groups in total. The summed E-state index contributed by atoms with van der Waals surface area (Å²) in [5.74, 6) is 0. The molecule has 0 bridgehead atoms. The van der Waals surface area contributed by atoms with Crippen LogP contribution in [0.2, 0.25) is 0 Å². The summed E-state index contributed by atoms with van der Waals surface area (Å²) in [6.45, 7) is 0. The van der Waals surface area contributed by atoms with E-state index in [0.717, 1.165) is 44.4 Å². The highest BCUT2D eigenvalue weighted by Gasteiger charge is 2.18. The number of nitrogens with zero attached hydrogens (tertiary/aromatic N) is 2. The first-order valence-electron chi connectivity index (χ1n) is 21.7. The van der Waals surface area contributed by atoms with Crippen molar-refractivity contribution in [1.29, 1.82) is 0 Å². The lowest BCUT2D eigenvalue weighted by Gasteiger charge is -2.14. The lowest BCUT2D eigenvalue weighted by Crippen LogP contribution is -1.95. The van der Waals surface area contributed by atoms with Crippen molar-refractivity contribution in [3.63, 3.8) is 0 Å². The minimum Gasteiger partial charge on any atom is -0.455 e. The molecule has 14 rings (SSSR count). The molecule has 0 aliphatic rings. The van der Waals surface area contributed by atoms with Gasteiger partial charge in [-0.2, -0.15) is 0 Å². The van der Waals surface area contributed by atoms with Crippen LogP contribution in [0, 0.1) is 0 Å². The first-order valence-corrected chi connectivity index (χ1v) is 21.7. The second kappa shape index (κ2) is 13.1. The molecule has 0 amide bonds. The van der Waals surface area contributed by atoms with Gasteiger partial charge in [-0.1, -0.05) is 158 Å². The van der Waals surface area contributed by atoms with Gasteiger partial charge in [0, 0.05) is 49.3 Å². The summed E-state index contributed by atoms with van der Waals surface area (Å²) in [6.07, 6.45) is 0. The molecule has 0 fully saturated rings. The van der Waals surface area contributed by atoms with E-state index in [9.17, 15) is 0 Å². The normalized spacial score (nSPS) is 12.1. The molecule has 11 aromatic carbocycles. The summed E-state index contributed by atoms with van der Waals surface area (Å²) in [7, 11) is 0. The molecule has 0 unspecified atom stereocenters. The van der Waals surface area contributed by atoms with E-state index < -0.39 is 0 Å². The van der Waals surface area contributed by atoms with Crippen molar-refractivity contribution in [2.45, 2.75) is 0 Å². The van der Waals surface area contributed by atoms with E-state index in [1.54, 1.807) is 0 Å². The van der Waals surface area contributed by atoms with Gasteiger partial charge in [-0.3, -0.25) is 0 Å². The summed E-state index contributed by atoms with van der Waals surface area (Å²) < 4.78 is 11.3. The Kier molecular flexibility index (Phi) is 7.11. The third kappa shape index (κ3) is 4.96. The Morgan fingerprint density at radius 1 is 0.254 bits per heavy atom. The summed E-state index contributed by atoms with van der Waals surface area (Å²) in [5, 5.41) is 14.9. The fourth-order valence-corrected chi connectivity index (χ4v) is 10.7. The molecule has 0 atom stereocenters. The van der Waals surface area contributed by atoms with E-state index in [4.69, 9.17) is 4.42 Å². The van der Waals surface area contributed by atoms with Crippen LogP contribution in [0.4, 0.5) is 0 Å². The average molecular weight is 801 g/mol. The standard InChI is InChI=1S/C60H36N2O/c1-2-14-45-43(12-1)44-13-3-4-15-46(44)53-36-41(30-32-47(45)53)62-56-22-9-6-17-49(56)54-34-38(27-33-57(54)62)39-26-31-50-48-16-5-8-21-55(48)61(58(50)35-39)40-28-24-37(25-29-40)42-19-11-20-52-51-18-7-10-23-59(51)63-60(42)52/h1-36H. The molecular formula is C60H36N2O. The SMILES string of the molecule is c1ccc2c(c1)oc1c(-c3ccc(-n4c5ccccc5c5ccc(-c6ccc7c(c6)c6ccccc6n7-c6ccc7c8ccccc8c8ccccc8c7c6)cc54)cc3)cccc12. The second-order valence-corrected chi connectivity index (χ2v) is 16.8. The molecule has 63 heavy (non-hydrogen) atoms. The lowest BCUT2D eigenvalue weighted by atomic mass is 9.94. The molecule has 3 heteroatoms. The summed E-state index contributed by atoms with van der Waals surface area (Å²) in [5.41, 5.74) is 13.5. The van der Waals surface area contributed by atoms with Crippen LogP contribution >= 0.6 is 0 Å². The smallest absolute Gasteiger partial charge is 0.143 e. The number of furan rings is 1. The van der Waals surface area contributed by atoms with Gasteiger partial charge in [-0.15, -0.1) is 0 Å². The average Bonchev–Trinajstić information content (AvgIpc) is 4.01. The van der Waals surface area contributed by atoms with Gasteiger partial charge in [0.15, 0.2) is 0 Å². The molecule has 0 saturated carbocycles. The molecule has 3 aromatic heterocycles. The molecule has 0 spiro atoms. The van der Waals surface area contributed by atoms with Crippen molar-refractivity contribution in [1.82, 2.24) is 9.13 Å². The number of aromatic nitrogens is 2. The van der Waals surface area contributed by atoms with Crippen molar-refractivity contribution in [2.75, 3.05) is 0 Å². The Labute approximate surface area is 361 Å². The number of rotatable bonds is 4. The van der Waals surface area contributed by atoms with E-state index in [-0.39, 0.29) is 0 Å². The summed E-state index contributed by atoms with van der Waals surface area (Å²) in [4.78, 5) is 0. The number of hydrogen-bond acceptors (Lipinski definition) is 1. The molecule has 0 aliphatic heterocycles. The van der Waals surface area contributed by atoms with Crippen molar-refractivity contribution in [2.24, 2.45) is 0 Å². The van der Waals surface area contributed by atoms with Crippen LogP contribution < -0.4 is 0 Å². The van der Waals surface area contributed by atoms with E-state index in [2.05, 4.69) is 215 Å². The quantitative estimate of drug-likeness (QED) is 0.163. The number of fused-ring (bicyclic) bond motifs is 15. The highest BCUT2D eigenvalue weighted by atomic mass is 16.3. The first kappa shape index (κ1) is 34.3. The number of para-hydroxylation sites is 4. The van der Waals surface area contributed by atoms with Crippen molar-refractivity contribution in [3.8, 4) is 33.6 Å². The Morgan fingerprint density at radius 2 is 0.730 bits per heavy atom. The van der Waals surface area contributed by atoms with Crippen LogP contribution in [0.3, 0.4) is 0 Å². The predicted molar refractivity (Wildman–Crippen MR) is 266 cm³/mol. The Morgan fingerprint density at radius 3 is 1.46 bits per heavy atom. The van der Waals surface area contributed by atoms with Crippen LogP contribution in [-0.4, -0.2) is 9.13 Å². The molecule has 3 heterocycles. The fraction of sp³-hybridized carbons (Fsp3) is 0. The van der Waals surface area contributed by atoms with Crippen LogP contribution in [0.25, 0.3) is 131 Å². The minimum absolute atomic E-state index is 0.912. The Bertz CT molecular complexity index is 4160. The summed E-state index contributed by atoms with van der Waals surface area (Å²) >= 11 is 0. The predicted octanol–water partition coefficient (Wildman–Crippen LogP) is 16.6. The second-order valence-electron chi connectivity index (χ2n) is 16.8. The van der Waals surface area contributed by atoms with Crippen molar-refractivity contribution >= 4 is 97.9 Å². The monoisotopic (exact) mass is 800 g/mol. The molecule has 0 aliphatic carbocycles. The van der Waals surface area contributed by atoms with Gasteiger partial charge >= 0.3 is 0 Å². The molecule has 3 nitrogen and oxygen atoms in total. The molecule has 0 radical (unpaired) electrons. The zero-order valence-corrected chi connectivity index (χ0v) is 34.1. The fourth-order valence-electron chi connectivity index (χ4n) is 10.7. The van der Waals surface area contributed by atoms with E-state index in [0.29, 0.717) is 0 Å². The lowest BCUT2D eigenvalue weighted by molar-refractivity contribution is 0.670. The first-order chi connectivity index (χ1) is 31.2. The van der Waals surface area contributed by atoms with Crippen molar-refractivity contribution in [3.05, 3.63) is 218 Å². The van der Waals surface area contributed by atoms with Crippen LogP contribution in [-0.2, 0) is 0 Å². The number of benzene rings is 11. The van der Waals surface area contributed by atoms with Crippen LogP contribution in [0.5, 0.6) is 0 Å². The molecular weight excluding hydrogens is 765 g/mol. The van der Waals surface area contributed by atoms with E-state index in [1.165, 1.54) is 87.1 Å². The van der Waals surface area contributed by atoms with Crippen molar-refractivity contribution < 1.29 is 4.42 Å². The Balaban J connectivity index is 0.911. The van der Waals surface area contributed by atoms with Gasteiger partial charge in [-0.25, -0.2) is 0 Å². The van der Waals surface area contributed by atoms with Crippen LogP contribution in [0.1, 0.15) is 0 Å². The summed E-state index contributed by atoms with van der Waals surface area (Å²) in [6, 6.07) is 79.8. The molecule has 292 valence electrons. The van der Waals surface area contributed by atoms with Gasteiger partial charge in [0.25, 0.3) is 0 Å². The maximum absolute atomic E-state index is 6.42. The van der Waals surface area contributed by atoms with Crippen LogP contribution in [0.15, 0.2) is 223 Å². The van der Waals surface area contributed by atoms with Gasteiger partial charge in [0.2, 0.25) is 0 Å². The molecule has 0 saturated heterocycles. The zero-order valence-electron chi connectivity index (χ0n) is 34.1. The van der Waals surface area contributed by atoms with Gasteiger partial charge in [0.05, 0.1) is 22.1 Å². The largest absolute Gasteiger partial charge is 0.455 e. The Hall–Kier alpha value is -8.40. The van der Waals surface area contributed by atoms with E-state index >= 15 is 0 Å². The van der Waals surface area contributed by atoms with Gasteiger partial charge < -0.3 is 13.6 Å². The molecule has 14 aromatic rings. The number of hydrogen-bond donors (Lipinski definition) is 0. The third-order valence-electron chi connectivity index (χ3n) is 13.5. The van der Waals surface area contributed by atoms with Gasteiger partial charge in [0.1, 0.15) is 11.2 Å². The highest BCUT2D eigenvalue weighted by molar-refractivity contribution is 6.26. The van der Waals surface area contributed by atoms with Gasteiger partial charge in [-0.05, 0) is 110 Å². The maximum Gasteiger partial charge on any atom is 0.143 e. The van der Waals surface area contributed by atoms with E-state index in [1.807, 2.05) is 12.1 Å². The minimum atomic E-state index is 0.912. The highest BCUT2D eigenvalue weighted by Crippen LogP contribution is 2.42. The third-order valence-corrected chi connectivity index (χ3v) is 13.5.